The maximum absolute atomic E-state index is 9.64. The highest BCUT2D eigenvalue weighted by Crippen LogP contribution is 2.29. The van der Waals surface area contributed by atoms with Crippen molar-refractivity contribution in [2.24, 2.45) is 0 Å². The van der Waals surface area contributed by atoms with Crippen molar-refractivity contribution < 1.29 is 9.84 Å². The van der Waals surface area contributed by atoms with Crippen LogP contribution in [-0.2, 0) is 0 Å². The molecule has 0 fully saturated rings. The van der Waals surface area contributed by atoms with E-state index in [1.807, 2.05) is 36.4 Å². The summed E-state index contributed by atoms with van der Waals surface area (Å²) in [6.07, 6.45) is 0. The van der Waals surface area contributed by atoms with Gasteiger partial charge in [0, 0.05) is 17.1 Å². The van der Waals surface area contributed by atoms with Gasteiger partial charge < -0.3 is 15.2 Å². The zero-order valence-corrected chi connectivity index (χ0v) is 13.2. The van der Waals surface area contributed by atoms with E-state index in [4.69, 9.17) is 16.3 Å². The molecule has 0 aliphatic rings. The Bertz CT molecular complexity index is 598. The van der Waals surface area contributed by atoms with E-state index < -0.39 is 0 Å². The lowest BCUT2D eigenvalue weighted by Crippen LogP contribution is -2.22. The Morgan fingerprint density at radius 2 is 1.57 bits per heavy atom. The van der Waals surface area contributed by atoms with Gasteiger partial charge in [-0.3, -0.25) is 0 Å². The summed E-state index contributed by atoms with van der Waals surface area (Å²) >= 11 is 5.91. The van der Waals surface area contributed by atoms with Crippen molar-refractivity contribution in [3.63, 3.8) is 0 Å². The molecule has 2 atom stereocenters. The Morgan fingerprint density at radius 3 is 2.19 bits per heavy atom. The van der Waals surface area contributed by atoms with Gasteiger partial charge in [-0.25, -0.2) is 0 Å². The molecule has 2 aromatic rings. The van der Waals surface area contributed by atoms with Crippen molar-refractivity contribution in [3.05, 3.63) is 58.6 Å². The van der Waals surface area contributed by atoms with Crippen molar-refractivity contribution >= 4 is 11.6 Å². The van der Waals surface area contributed by atoms with Gasteiger partial charge in [-0.2, -0.15) is 0 Å². The number of benzene rings is 2. The summed E-state index contributed by atoms with van der Waals surface area (Å²) in [6, 6.07) is 13.5. The van der Waals surface area contributed by atoms with Gasteiger partial charge in [0.25, 0.3) is 0 Å². The molecule has 0 heterocycles. The number of hydrogen-bond donors (Lipinski definition) is 2. The maximum Gasteiger partial charge on any atom is 0.160 e. The van der Waals surface area contributed by atoms with Gasteiger partial charge in [0.15, 0.2) is 11.5 Å². The van der Waals surface area contributed by atoms with E-state index in [0.29, 0.717) is 5.75 Å². The Labute approximate surface area is 130 Å². The molecule has 3 nitrogen and oxygen atoms in total. The Kier molecular flexibility index (Phi) is 5.10. The molecule has 2 aromatic carbocycles. The van der Waals surface area contributed by atoms with Gasteiger partial charge >= 0.3 is 0 Å². The topological polar surface area (TPSA) is 41.5 Å². The van der Waals surface area contributed by atoms with Gasteiger partial charge in [0.05, 0.1) is 7.11 Å². The molecule has 2 unspecified atom stereocenters. The highest BCUT2D eigenvalue weighted by atomic mass is 35.5. The van der Waals surface area contributed by atoms with Crippen molar-refractivity contribution in [1.82, 2.24) is 5.32 Å². The molecule has 0 radical (unpaired) electrons. The summed E-state index contributed by atoms with van der Waals surface area (Å²) in [5.41, 5.74) is 2.24. The summed E-state index contributed by atoms with van der Waals surface area (Å²) in [7, 11) is 1.55. The number of methoxy groups -OCH3 is 1. The number of phenolic OH excluding ortho intramolecular Hbond substituents is 1. The van der Waals surface area contributed by atoms with E-state index in [1.54, 1.807) is 13.2 Å². The second kappa shape index (κ2) is 6.83. The third-order valence-electron chi connectivity index (χ3n) is 3.57. The first-order valence-corrected chi connectivity index (χ1v) is 7.27. The third kappa shape index (κ3) is 3.90. The summed E-state index contributed by atoms with van der Waals surface area (Å²) in [4.78, 5) is 0. The molecule has 0 aromatic heterocycles. The third-order valence-corrected chi connectivity index (χ3v) is 3.83. The van der Waals surface area contributed by atoms with Crippen LogP contribution >= 0.6 is 11.6 Å². The van der Waals surface area contributed by atoms with Crippen LogP contribution in [0.2, 0.25) is 5.02 Å². The number of phenols is 1. The molecular weight excluding hydrogens is 286 g/mol. The van der Waals surface area contributed by atoms with Gasteiger partial charge in [-0.15, -0.1) is 0 Å². The minimum atomic E-state index is 0.130. The van der Waals surface area contributed by atoms with Gasteiger partial charge in [0.2, 0.25) is 0 Å². The van der Waals surface area contributed by atoms with Gasteiger partial charge in [-0.05, 0) is 49.2 Å². The molecule has 0 spiro atoms. The average Bonchev–Trinajstić information content (AvgIpc) is 2.48. The first-order chi connectivity index (χ1) is 10.0. The SMILES string of the molecule is COc1cc(C(C)NC(C)c2ccc(Cl)cc2)ccc1O. The zero-order chi connectivity index (χ0) is 15.4. The molecule has 0 amide bonds. The minimum Gasteiger partial charge on any atom is -0.504 e. The molecule has 0 saturated heterocycles. The lowest BCUT2D eigenvalue weighted by molar-refractivity contribution is 0.371. The van der Waals surface area contributed by atoms with Crippen LogP contribution < -0.4 is 10.1 Å². The highest BCUT2D eigenvalue weighted by Gasteiger charge is 2.13. The predicted octanol–water partition coefficient (Wildman–Crippen LogP) is 4.47. The summed E-state index contributed by atoms with van der Waals surface area (Å²) in [5, 5.41) is 13.9. The monoisotopic (exact) mass is 305 g/mol. The fraction of sp³-hybridized carbons (Fsp3) is 0.294. The highest BCUT2D eigenvalue weighted by molar-refractivity contribution is 6.30. The smallest absolute Gasteiger partial charge is 0.160 e. The second-order valence-electron chi connectivity index (χ2n) is 5.09. The summed E-state index contributed by atoms with van der Waals surface area (Å²) in [6.45, 7) is 4.19. The molecule has 0 aliphatic heterocycles. The van der Waals surface area contributed by atoms with Crippen LogP contribution in [0, 0.1) is 0 Å². The number of rotatable bonds is 5. The second-order valence-corrected chi connectivity index (χ2v) is 5.53. The fourth-order valence-corrected chi connectivity index (χ4v) is 2.41. The number of aromatic hydroxyl groups is 1. The van der Waals surface area contributed by atoms with Crippen LogP contribution in [0.5, 0.6) is 11.5 Å². The van der Waals surface area contributed by atoms with E-state index in [1.165, 1.54) is 5.56 Å². The van der Waals surface area contributed by atoms with E-state index in [0.717, 1.165) is 10.6 Å². The van der Waals surface area contributed by atoms with Crippen LogP contribution in [0.4, 0.5) is 0 Å². The number of nitrogens with one attached hydrogen (secondary N) is 1. The fourth-order valence-electron chi connectivity index (χ4n) is 2.28. The van der Waals surface area contributed by atoms with Crippen molar-refractivity contribution in [2.45, 2.75) is 25.9 Å². The Morgan fingerprint density at radius 1 is 1.00 bits per heavy atom. The quantitative estimate of drug-likeness (QED) is 0.856. The van der Waals surface area contributed by atoms with Crippen LogP contribution in [-0.4, -0.2) is 12.2 Å². The summed E-state index contributed by atoms with van der Waals surface area (Å²) in [5.74, 6) is 0.638. The van der Waals surface area contributed by atoms with Crippen LogP contribution in [0.1, 0.15) is 37.1 Å². The van der Waals surface area contributed by atoms with Crippen LogP contribution in [0.15, 0.2) is 42.5 Å². The molecule has 21 heavy (non-hydrogen) atoms. The number of hydrogen-bond acceptors (Lipinski definition) is 3. The average molecular weight is 306 g/mol. The summed E-state index contributed by atoms with van der Waals surface area (Å²) < 4.78 is 5.15. The van der Waals surface area contributed by atoms with Gasteiger partial charge in [0.1, 0.15) is 0 Å². The molecule has 2 N–H and O–H groups in total. The molecule has 0 bridgehead atoms. The predicted molar refractivity (Wildman–Crippen MR) is 86.1 cm³/mol. The van der Waals surface area contributed by atoms with Crippen LogP contribution in [0.3, 0.4) is 0 Å². The molecule has 2 rings (SSSR count). The van der Waals surface area contributed by atoms with E-state index in [-0.39, 0.29) is 17.8 Å². The molecule has 112 valence electrons. The van der Waals surface area contributed by atoms with E-state index >= 15 is 0 Å². The van der Waals surface area contributed by atoms with Crippen LogP contribution in [0.25, 0.3) is 0 Å². The molecule has 0 saturated carbocycles. The molecule has 0 aliphatic carbocycles. The van der Waals surface area contributed by atoms with E-state index in [2.05, 4.69) is 19.2 Å². The van der Waals surface area contributed by atoms with Crippen molar-refractivity contribution in [1.29, 1.82) is 0 Å². The zero-order valence-electron chi connectivity index (χ0n) is 12.4. The Hall–Kier alpha value is -1.71. The van der Waals surface area contributed by atoms with Crippen molar-refractivity contribution in [3.8, 4) is 11.5 Å². The normalized spacial score (nSPS) is 13.7. The standard InChI is InChI=1S/C17H20ClNO2/c1-11(13-4-7-15(18)8-5-13)19-12(2)14-6-9-16(20)17(10-14)21-3/h4-12,19-20H,1-3H3. The van der Waals surface area contributed by atoms with Gasteiger partial charge in [-0.1, -0.05) is 29.8 Å². The molecule has 4 heteroatoms. The Balaban J connectivity index is 2.10. The first kappa shape index (κ1) is 15.7. The largest absolute Gasteiger partial charge is 0.504 e. The lowest BCUT2D eigenvalue weighted by atomic mass is 10.0. The lowest BCUT2D eigenvalue weighted by Gasteiger charge is -2.21. The molecular formula is C17H20ClNO2. The van der Waals surface area contributed by atoms with E-state index in [9.17, 15) is 5.11 Å². The van der Waals surface area contributed by atoms with Crippen molar-refractivity contribution in [2.75, 3.05) is 7.11 Å². The minimum absolute atomic E-state index is 0.130. The first-order valence-electron chi connectivity index (χ1n) is 6.89. The number of halogens is 1. The number of ether oxygens (including phenoxy) is 1. The maximum atomic E-state index is 9.64.